The van der Waals surface area contributed by atoms with Gasteiger partial charge in [-0.1, -0.05) is 30.3 Å². The van der Waals surface area contributed by atoms with E-state index < -0.39 is 10.0 Å². The lowest BCUT2D eigenvalue weighted by molar-refractivity contribution is 0.306. The molecule has 0 amide bonds. The van der Waals surface area contributed by atoms with Crippen molar-refractivity contribution in [3.63, 3.8) is 0 Å². The number of rotatable bonds is 8. The molecule has 2 N–H and O–H groups in total. The highest BCUT2D eigenvalue weighted by Crippen LogP contribution is 2.25. The van der Waals surface area contributed by atoms with Gasteiger partial charge in [-0.3, -0.25) is 14.3 Å². The van der Waals surface area contributed by atoms with E-state index in [4.69, 9.17) is 0 Å². The second kappa shape index (κ2) is 10.8. The van der Waals surface area contributed by atoms with Crippen LogP contribution in [0.3, 0.4) is 0 Å². The van der Waals surface area contributed by atoms with Crippen molar-refractivity contribution in [1.29, 1.82) is 0 Å². The smallest absolute Gasteiger partial charge is 0.263 e. The molecular formula is C27H37N7O2S. The summed E-state index contributed by atoms with van der Waals surface area (Å²) in [5, 5.41) is 8.17. The molecule has 1 aromatic carbocycles. The van der Waals surface area contributed by atoms with E-state index >= 15 is 0 Å². The zero-order valence-electron chi connectivity index (χ0n) is 21.9. The predicted molar refractivity (Wildman–Crippen MR) is 146 cm³/mol. The van der Waals surface area contributed by atoms with E-state index in [-0.39, 0.29) is 4.90 Å². The van der Waals surface area contributed by atoms with Crippen molar-refractivity contribution >= 4 is 21.5 Å². The van der Waals surface area contributed by atoms with Gasteiger partial charge in [-0.05, 0) is 50.8 Å². The molecular weight excluding hydrogens is 486 g/mol. The largest absolute Gasteiger partial charge is 0.357 e. The molecule has 198 valence electrons. The summed E-state index contributed by atoms with van der Waals surface area (Å²) in [5.74, 6) is 0.820. The lowest BCUT2D eigenvalue weighted by atomic mass is 10.0. The molecule has 9 nitrogen and oxygen atoms in total. The number of aromatic nitrogens is 3. The SMILES string of the molecule is Cc1nn(C)c(C)c1NS(=O)(=O)c1ccc(N2CCC(NC3CCN(Cc4ccccc4)C3)CC2)nc1. The molecule has 1 unspecified atom stereocenters. The fourth-order valence-corrected chi connectivity index (χ4v) is 6.52. The predicted octanol–water partition coefficient (Wildman–Crippen LogP) is 3.07. The maximum atomic E-state index is 12.9. The fourth-order valence-electron chi connectivity index (χ4n) is 5.40. The number of piperidine rings is 1. The Balaban J connectivity index is 1.11. The summed E-state index contributed by atoms with van der Waals surface area (Å²) in [7, 11) is -1.94. The summed E-state index contributed by atoms with van der Waals surface area (Å²) < 4.78 is 30.2. The standard InChI is InChI=1S/C27H37N7O2S/c1-20-27(21(2)32(3)30-20)31-37(35,36)25-9-10-26(28-17-25)34-15-12-23(13-16-34)29-24-11-14-33(19-24)18-22-7-5-4-6-8-22/h4-10,17,23-24,29,31H,11-16,18-19H2,1-3H3. The van der Waals surface area contributed by atoms with Crippen molar-refractivity contribution < 1.29 is 8.42 Å². The average molecular weight is 524 g/mol. The minimum atomic E-state index is -3.74. The molecule has 2 saturated heterocycles. The van der Waals surface area contributed by atoms with Crippen LogP contribution < -0.4 is 14.9 Å². The number of likely N-dealkylation sites (tertiary alicyclic amines) is 1. The summed E-state index contributed by atoms with van der Waals surface area (Å²) in [6, 6.07) is 15.2. The number of hydrogen-bond acceptors (Lipinski definition) is 7. The molecule has 5 rings (SSSR count). The number of nitrogens with zero attached hydrogens (tertiary/aromatic N) is 5. The van der Waals surface area contributed by atoms with Crippen LogP contribution in [0.1, 0.15) is 36.2 Å². The molecule has 0 bridgehead atoms. The van der Waals surface area contributed by atoms with Crippen LogP contribution in [0.5, 0.6) is 0 Å². The molecule has 3 aromatic rings. The van der Waals surface area contributed by atoms with Gasteiger partial charge in [0.05, 0.1) is 17.1 Å². The van der Waals surface area contributed by atoms with Crippen molar-refractivity contribution in [1.82, 2.24) is 25.0 Å². The summed E-state index contributed by atoms with van der Waals surface area (Å²) in [6.45, 7) is 8.69. The first kappa shape index (κ1) is 25.7. The van der Waals surface area contributed by atoms with Crippen LogP contribution in [-0.4, -0.2) is 66.3 Å². The van der Waals surface area contributed by atoms with Gasteiger partial charge in [0.2, 0.25) is 0 Å². The Morgan fingerprint density at radius 1 is 0.973 bits per heavy atom. The summed E-state index contributed by atoms with van der Waals surface area (Å²) >= 11 is 0. The van der Waals surface area contributed by atoms with Crippen LogP contribution in [-0.2, 0) is 23.6 Å². The second-order valence-electron chi connectivity index (χ2n) is 10.3. The lowest BCUT2D eigenvalue weighted by Gasteiger charge is -2.34. The number of nitrogens with one attached hydrogen (secondary N) is 2. The van der Waals surface area contributed by atoms with Gasteiger partial charge in [0, 0.05) is 58.1 Å². The van der Waals surface area contributed by atoms with Crippen LogP contribution in [0.15, 0.2) is 53.6 Å². The molecule has 2 aromatic heterocycles. The first-order chi connectivity index (χ1) is 17.8. The molecule has 0 radical (unpaired) electrons. The molecule has 37 heavy (non-hydrogen) atoms. The first-order valence-electron chi connectivity index (χ1n) is 13.0. The van der Waals surface area contributed by atoms with Crippen LogP contribution in [0.25, 0.3) is 0 Å². The van der Waals surface area contributed by atoms with Gasteiger partial charge in [-0.25, -0.2) is 13.4 Å². The highest BCUT2D eigenvalue weighted by molar-refractivity contribution is 7.92. The normalized spacial score (nSPS) is 19.4. The van der Waals surface area contributed by atoms with Gasteiger partial charge in [0.1, 0.15) is 10.7 Å². The monoisotopic (exact) mass is 523 g/mol. The van der Waals surface area contributed by atoms with Crippen molar-refractivity contribution in [2.75, 3.05) is 35.8 Å². The Kier molecular flexibility index (Phi) is 7.50. The van der Waals surface area contributed by atoms with Crippen LogP contribution in [0, 0.1) is 13.8 Å². The number of sulfonamides is 1. The highest BCUT2D eigenvalue weighted by atomic mass is 32.2. The van der Waals surface area contributed by atoms with E-state index in [2.05, 4.69) is 60.3 Å². The van der Waals surface area contributed by atoms with E-state index in [0.717, 1.165) is 57.1 Å². The van der Waals surface area contributed by atoms with E-state index in [1.165, 1.54) is 18.2 Å². The number of hydrogen-bond donors (Lipinski definition) is 2. The molecule has 2 fully saturated rings. The van der Waals surface area contributed by atoms with Crippen LogP contribution in [0.2, 0.25) is 0 Å². The second-order valence-corrected chi connectivity index (χ2v) is 11.9. The van der Waals surface area contributed by atoms with E-state index in [1.807, 2.05) is 13.0 Å². The number of anilines is 2. The minimum Gasteiger partial charge on any atom is -0.357 e. The van der Waals surface area contributed by atoms with Gasteiger partial charge >= 0.3 is 0 Å². The van der Waals surface area contributed by atoms with Gasteiger partial charge in [-0.2, -0.15) is 5.10 Å². The molecule has 10 heteroatoms. The summed E-state index contributed by atoms with van der Waals surface area (Å²) in [5.41, 5.74) is 3.31. The molecule has 0 saturated carbocycles. The topological polar surface area (TPSA) is 95.4 Å². The van der Waals surface area contributed by atoms with Crippen LogP contribution in [0.4, 0.5) is 11.5 Å². The third-order valence-electron chi connectivity index (χ3n) is 7.59. The molecule has 2 aliphatic rings. The zero-order valence-corrected chi connectivity index (χ0v) is 22.7. The van der Waals surface area contributed by atoms with Gasteiger partial charge in [-0.15, -0.1) is 0 Å². The van der Waals surface area contributed by atoms with E-state index in [1.54, 1.807) is 24.7 Å². The van der Waals surface area contributed by atoms with Gasteiger partial charge in [0.25, 0.3) is 10.0 Å². The highest BCUT2D eigenvalue weighted by Gasteiger charge is 2.27. The maximum Gasteiger partial charge on any atom is 0.263 e. The number of pyridine rings is 1. The first-order valence-corrected chi connectivity index (χ1v) is 14.5. The van der Waals surface area contributed by atoms with Crippen molar-refractivity contribution in [3.8, 4) is 0 Å². The Hall–Kier alpha value is -2.95. The van der Waals surface area contributed by atoms with E-state index in [9.17, 15) is 8.42 Å². The third kappa shape index (κ3) is 5.97. The summed E-state index contributed by atoms with van der Waals surface area (Å²) in [4.78, 5) is 9.43. The Bertz CT molecular complexity index is 1300. The molecule has 1 atom stereocenters. The quantitative estimate of drug-likeness (QED) is 0.469. The molecule has 2 aliphatic heterocycles. The summed E-state index contributed by atoms with van der Waals surface area (Å²) in [6.07, 6.45) is 4.75. The molecule has 0 spiro atoms. The molecule has 4 heterocycles. The fraction of sp³-hybridized carbons (Fsp3) is 0.481. The maximum absolute atomic E-state index is 12.9. The van der Waals surface area contributed by atoms with Crippen molar-refractivity contribution in [2.24, 2.45) is 7.05 Å². The minimum absolute atomic E-state index is 0.150. The molecule has 0 aliphatic carbocycles. The number of aryl methyl sites for hydroxylation is 2. The van der Waals surface area contributed by atoms with Crippen LogP contribution >= 0.6 is 0 Å². The Labute approximate surface area is 219 Å². The number of benzene rings is 1. The lowest BCUT2D eigenvalue weighted by Crippen LogP contribution is -2.47. The average Bonchev–Trinajstić information content (AvgIpc) is 3.43. The van der Waals surface area contributed by atoms with Gasteiger partial charge in [0.15, 0.2) is 0 Å². The van der Waals surface area contributed by atoms with Crippen molar-refractivity contribution in [3.05, 3.63) is 65.6 Å². The zero-order chi connectivity index (χ0) is 26.0. The Morgan fingerprint density at radius 2 is 1.70 bits per heavy atom. The third-order valence-corrected chi connectivity index (χ3v) is 8.92. The Morgan fingerprint density at radius 3 is 2.35 bits per heavy atom. The van der Waals surface area contributed by atoms with E-state index in [0.29, 0.717) is 23.5 Å². The van der Waals surface area contributed by atoms with Crippen molar-refractivity contribution in [2.45, 2.75) is 56.6 Å². The van der Waals surface area contributed by atoms with Gasteiger partial charge < -0.3 is 10.2 Å².